The quantitative estimate of drug-likeness (QED) is 0.431. The van der Waals surface area contributed by atoms with Crippen LogP contribution in [0.1, 0.15) is 17.3 Å². The van der Waals surface area contributed by atoms with E-state index in [1.54, 1.807) is 12.1 Å². The van der Waals surface area contributed by atoms with Crippen LogP contribution in [0.25, 0.3) is 21.9 Å². The van der Waals surface area contributed by atoms with Gasteiger partial charge in [-0.3, -0.25) is 4.79 Å². The lowest BCUT2D eigenvalue weighted by molar-refractivity contribution is -0.123. The first-order valence-electron chi connectivity index (χ1n) is 9.91. The highest BCUT2D eigenvalue weighted by molar-refractivity contribution is 6.02. The molecule has 0 bridgehead atoms. The molecule has 0 heterocycles. The van der Waals surface area contributed by atoms with Crippen molar-refractivity contribution in [1.29, 1.82) is 0 Å². The molecule has 0 saturated heterocycles. The number of benzene rings is 4. The maximum absolute atomic E-state index is 12.7. The number of esters is 1. The summed E-state index contributed by atoms with van der Waals surface area (Å²) in [7, 11) is 0. The number of carbonyl (C=O) groups is 2. The largest absolute Gasteiger partial charge is 0.507 e. The molecule has 4 aromatic carbocycles. The van der Waals surface area contributed by atoms with E-state index in [9.17, 15) is 14.7 Å². The molecule has 0 aliphatic carbocycles. The van der Waals surface area contributed by atoms with E-state index in [4.69, 9.17) is 4.74 Å². The molecule has 0 aliphatic heterocycles. The summed E-state index contributed by atoms with van der Waals surface area (Å²) < 4.78 is 5.33. The molecule has 0 spiro atoms. The van der Waals surface area contributed by atoms with Crippen molar-refractivity contribution in [2.24, 2.45) is 0 Å². The summed E-state index contributed by atoms with van der Waals surface area (Å²) in [4.78, 5) is 25.3. The van der Waals surface area contributed by atoms with Gasteiger partial charge in [-0.1, -0.05) is 72.8 Å². The van der Waals surface area contributed by atoms with Crippen molar-refractivity contribution in [3.63, 3.8) is 0 Å². The number of nitrogens with one attached hydrogen (secondary N) is 1. The average Bonchev–Trinajstić information content (AvgIpc) is 2.79. The Balaban J connectivity index is 1.50. The van der Waals surface area contributed by atoms with Crippen LogP contribution in [0.5, 0.6) is 5.75 Å². The second-order valence-corrected chi connectivity index (χ2v) is 7.16. The molecule has 4 rings (SSSR count). The van der Waals surface area contributed by atoms with E-state index in [1.165, 1.54) is 13.0 Å². The van der Waals surface area contributed by atoms with Crippen molar-refractivity contribution >= 4 is 28.3 Å². The molecule has 0 aromatic heterocycles. The van der Waals surface area contributed by atoms with E-state index in [-0.39, 0.29) is 11.3 Å². The minimum absolute atomic E-state index is 0.0167. The number of fused-ring (bicyclic) bond motifs is 1. The van der Waals surface area contributed by atoms with Crippen LogP contribution in [-0.2, 0) is 9.53 Å². The number of phenols is 1. The third kappa shape index (κ3) is 4.41. The molecule has 0 saturated carbocycles. The summed E-state index contributed by atoms with van der Waals surface area (Å²) in [6.07, 6.45) is -1.05. The van der Waals surface area contributed by atoms with E-state index >= 15 is 0 Å². The normalized spacial score (nSPS) is 11.6. The van der Waals surface area contributed by atoms with Crippen LogP contribution in [0.3, 0.4) is 0 Å². The minimum Gasteiger partial charge on any atom is -0.507 e. The van der Waals surface area contributed by atoms with Gasteiger partial charge in [0, 0.05) is 11.3 Å². The van der Waals surface area contributed by atoms with Gasteiger partial charge in [-0.25, -0.2) is 4.79 Å². The Labute approximate surface area is 179 Å². The van der Waals surface area contributed by atoms with Crippen LogP contribution >= 0.6 is 0 Å². The number of amides is 1. The van der Waals surface area contributed by atoms with Crippen LogP contribution in [0.15, 0.2) is 91.0 Å². The Hall–Kier alpha value is -4.12. The highest BCUT2D eigenvalue weighted by Crippen LogP contribution is 2.28. The summed E-state index contributed by atoms with van der Waals surface area (Å²) in [6, 6.07) is 27.5. The SMILES string of the molecule is C[C@@H](OC(=O)c1cc2ccccc2cc1O)C(=O)Nc1ccccc1-c1ccccc1. The summed E-state index contributed by atoms with van der Waals surface area (Å²) in [6.45, 7) is 1.50. The first kappa shape index (κ1) is 20.2. The van der Waals surface area contributed by atoms with Crippen molar-refractivity contribution in [1.82, 2.24) is 0 Å². The fraction of sp³-hybridized carbons (Fsp3) is 0.0769. The topological polar surface area (TPSA) is 75.6 Å². The molecule has 0 radical (unpaired) electrons. The van der Waals surface area contributed by atoms with Crippen LogP contribution in [0.4, 0.5) is 5.69 Å². The van der Waals surface area contributed by atoms with E-state index in [0.29, 0.717) is 5.69 Å². The average molecular weight is 411 g/mol. The number of hydrogen-bond acceptors (Lipinski definition) is 4. The molecule has 31 heavy (non-hydrogen) atoms. The van der Waals surface area contributed by atoms with E-state index < -0.39 is 18.0 Å². The predicted molar refractivity (Wildman–Crippen MR) is 121 cm³/mol. The van der Waals surface area contributed by atoms with Gasteiger partial charge >= 0.3 is 5.97 Å². The van der Waals surface area contributed by atoms with Crippen LogP contribution in [0.2, 0.25) is 0 Å². The molecular weight excluding hydrogens is 390 g/mol. The first-order chi connectivity index (χ1) is 15.0. The molecule has 5 heteroatoms. The lowest BCUT2D eigenvalue weighted by Gasteiger charge is -2.16. The van der Waals surface area contributed by atoms with Crippen LogP contribution in [-0.4, -0.2) is 23.1 Å². The maximum atomic E-state index is 12.7. The fourth-order valence-corrected chi connectivity index (χ4v) is 3.37. The van der Waals surface area contributed by atoms with Gasteiger partial charge in [0.05, 0.1) is 0 Å². The standard InChI is InChI=1S/C26H21NO4/c1-17(31-26(30)22-15-19-11-5-6-12-20(19)16-24(22)28)25(29)27-23-14-8-7-13-21(23)18-9-3-2-4-10-18/h2-17,28H,1H3,(H,27,29)/t17-/m1/s1. The van der Waals surface area contributed by atoms with Crippen molar-refractivity contribution < 1.29 is 19.4 Å². The van der Waals surface area contributed by atoms with E-state index in [2.05, 4.69) is 5.32 Å². The number of phenolic OH excluding ortho intramolecular Hbond substituents is 1. The number of carbonyl (C=O) groups excluding carboxylic acids is 2. The summed E-state index contributed by atoms with van der Waals surface area (Å²) in [5.74, 6) is -1.41. The Morgan fingerprint density at radius 1 is 0.839 bits per heavy atom. The van der Waals surface area contributed by atoms with Gasteiger partial charge in [0.25, 0.3) is 5.91 Å². The molecule has 0 fully saturated rings. The maximum Gasteiger partial charge on any atom is 0.342 e. The number of ether oxygens (including phenoxy) is 1. The molecular formula is C26H21NO4. The molecule has 5 nitrogen and oxygen atoms in total. The zero-order valence-electron chi connectivity index (χ0n) is 16.9. The van der Waals surface area contributed by atoms with Gasteiger partial charge in [0.1, 0.15) is 11.3 Å². The Bertz CT molecular complexity index is 1250. The van der Waals surface area contributed by atoms with Crippen molar-refractivity contribution in [3.8, 4) is 16.9 Å². The highest BCUT2D eigenvalue weighted by Gasteiger charge is 2.22. The zero-order valence-corrected chi connectivity index (χ0v) is 16.9. The van der Waals surface area contributed by atoms with Gasteiger partial charge in [-0.2, -0.15) is 0 Å². The van der Waals surface area contributed by atoms with E-state index in [0.717, 1.165) is 21.9 Å². The molecule has 4 aromatic rings. The van der Waals surface area contributed by atoms with Gasteiger partial charge in [-0.05, 0) is 41.5 Å². The molecule has 154 valence electrons. The van der Waals surface area contributed by atoms with Crippen molar-refractivity contribution in [3.05, 3.63) is 96.6 Å². The second-order valence-electron chi connectivity index (χ2n) is 7.16. The zero-order chi connectivity index (χ0) is 21.8. The Kier molecular flexibility index (Phi) is 5.67. The van der Waals surface area contributed by atoms with Gasteiger partial charge < -0.3 is 15.2 Å². The lowest BCUT2D eigenvalue weighted by atomic mass is 10.0. The molecule has 2 N–H and O–H groups in total. The summed E-state index contributed by atoms with van der Waals surface area (Å²) >= 11 is 0. The number of hydrogen-bond donors (Lipinski definition) is 2. The minimum atomic E-state index is -1.05. The molecule has 0 unspecified atom stereocenters. The Morgan fingerprint density at radius 2 is 1.45 bits per heavy atom. The molecule has 1 atom stereocenters. The number of aromatic hydroxyl groups is 1. The fourth-order valence-electron chi connectivity index (χ4n) is 3.37. The third-order valence-electron chi connectivity index (χ3n) is 5.01. The first-order valence-corrected chi connectivity index (χ1v) is 9.91. The second kappa shape index (κ2) is 8.71. The van der Waals surface area contributed by atoms with Gasteiger partial charge in [0.2, 0.25) is 0 Å². The van der Waals surface area contributed by atoms with Gasteiger partial charge in [0.15, 0.2) is 6.10 Å². The summed E-state index contributed by atoms with van der Waals surface area (Å²) in [5.41, 5.74) is 2.46. The number of para-hydroxylation sites is 1. The lowest BCUT2D eigenvalue weighted by Crippen LogP contribution is -2.30. The summed E-state index contributed by atoms with van der Waals surface area (Å²) in [5, 5.41) is 14.7. The number of rotatable bonds is 5. The number of anilines is 1. The van der Waals surface area contributed by atoms with E-state index in [1.807, 2.05) is 72.8 Å². The molecule has 0 aliphatic rings. The van der Waals surface area contributed by atoms with Crippen LogP contribution in [0, 0.1) is 0 Å². The van der Waals surface area contributed by atoms with Crippen molar-refractivity contribution in [2.75, 3.05) is 5.32 Å². The third-order valence-corrected chi connectivity index (χ3v) is 5.01. The van der Waals surface area contributed by atoms with Gasteiger partial charge in [-0.15, -0.1) is 0 Å². The smallest absolute Gasteiger partial charge is 0.342 e. The highest BCUT2D eigenvalue weighted by atomic mass is 16.5. The molecule has 1 amide bonds. The van der Waals surface area contributed by atoms with Crippen molar-refractivity contribution in [2.45, 2.75) is 13.0 Å². The predicted octanol–water partition coefficient (Wildman–Crippen LogP) is 5.40. The Morgan fingerprint density at radius 3 is 2.19 bits per heavy atom. The monoisotopic (exact) mass is 411 g/mol. The van der Waals surface area contributed by atoms with Crippen LogP contribution < -0.4 is 5.32 Å².